The molecule has 0 saturated heterocycles. The Bertz CT molecular complexity index is 701. The van der Waals surface area contributed by atoms with Gasteiger partial charge in [-0.3, -0.25) is 0 Å². The largest absolute Gasteiger partial charge is 0.316 e. The first-order valence-corrected chi connectivity index (χ1v) is 9.01. The number of hydrogen-bond donors (Lipinski definition) is 1. The lowest BCUT2D eigenvalue weighted by Crippen LogP contribution is -2.30. The van der Waals surface area contributed by atoms with Gasteiger partial charge in [0.15, 0.2) is 0 Å². The van der Waals surface area contributed by atoms with E-state index in [1.807, 2.05) is 11.3 Å². The van der Waals surface area contributed by atoms with Crippen LogP contribution in [0.1, 0.15) is 36.8 Å². The Balaban J connectivity index is 1.87. The van der Waals surface area contributed by atoms with Gasteiger partial charge in [-0.25, -0.2) is 0 Å². The molecule has 1 fully saturated rings. The van der Waals surface area contributed by atoms with E-state index in [0.717, 1.165) is 18.4 Å². The first-order chi connectivity index (χ1) is 10.3. The Morgan fingerprint density at radius 1 is 1.14 bits per heavy atom. The number of nitrogens with one attached hydrogen (secondary N) is 1. The van der Waals surface area contributed by atoms with Gasteiger partial charge in [-0.1, -0.05) is 6.07 Å². The summed E-state index contributed by atoms with van der Waals surface area (Å²) < 4.78 is 1.42. The molecule has 2 aromatic rings. The number of thiophene rings is 1. The number of fused-ring (bicyclic) bond motifs is 3. The quantitative estimate of drug-likeness (QED) is 0.840. The summed E-state index contributed by atoms with van der Waals surface area (Å²) in [5.41, 5.74) is 6.30. The molecule has 0 unspecified atom stereocenters. The monoisotopic (exact) mass is 297 g/mol. The van der Waals surface area contributed by atoms with Crippen molar-refractivity contribution in [2.24, 2.45) is 11.8 Å². The van der Waals surface area contributed by atoms with Gasteiger partial charge in [-0.15, -0.1) is 11.3 Å². The summed E-state index contributed by atoms with van der Waals surface area (Å²) in [6.45, 7) is 3.30. The molecule has 2 bridgehead atoms. The number of rotatable bonds is 3. The Morgan fingerprint density at radius 2 is 1.90 bits per heavy atom. The first-order valence-electron chi connectivity index (χ1n) is 8.13. The topological polar surface area (TPSA) is 12.0 Å². The fourth-order valence-corrected chi connectivity index (χ4v) is 5.31. The van der Waals surface area contributed by atoms with Gasteiger partial charge >= 0.3 is 0 Å². The molecule has 0 amide bonds. The highest BCUT2D eigenvalue weighted by Crippen LogP contribution is 2.49. The van der Waals surface area contributed by atoms with Crippen LogP contribution in [0.15, 0.2) is 29.2 Å². The van der Waals surface area contributed by atoms with E-state index in [1.165, 1.54) is 46.9 Å². The summed E-state index contributed by atoms with van der Waals surface area (Å²) in [5, 5.41) is 7.15. The van der Waals surface area contributed by atoms with Crippen molar-refractivity contribution < 1.29 is 0 Å². The van der Waals surface area contributed by atoms with E-state index < -0.39 is 0 Å². The van der Waals surface area contributed by atoms with Crippen LogP contribution < -0.4 is 5.32 Å². The van der Waals surface area contributed by atoms with Gasteiger partial charge in [0, 0.05) is 11.2 Å². The van der Waals surface area contributed by atoms with Crippen LogP contribution in [0, 0.1) is 18.8 Å². The van der Waals surface area contributed by atoms with Crippen molar-refractivity contribution in [3.05, 3.63) is 40.3 Å². The summed E-state index contributed by atoms with van der Waals surface area (Å²) >= 11 is 1.87. The van der Waals surface area contributed by atoms with Gasteiger partial charge in [0.25, 0.3) is 0 Å². The van der Waals surface area contributed by atoms with Gasteiger partial charge < -0.3 is 5.32 Å². The molecule has 3 aliphatic carbocycles. The van der Waals surface area contributed by atoms with Crippen molar-refractivity contribution in [2.45, 2.75) is 32.6 Å². The molecule has 1 aromatic carbocycles. The molecule has 0 aliphatic heterocycles. The molecule has 3 aliphatic rings. The van der Waals surface area contributed by atoms with E-state index in [4.69, 9.17) is 0 Å². The van der Waals surface area contributed by atoms with E-state index in [1.54, 1.807) is 11.1 Å². The lowest BCUT2D eigenvalue weighted by atomic mass is 9.65. The van der Waals surface area contributed by atoms with Crippen LogP contribution in [0.2, 0.25) is 0 Å². The summed E-state index contributed by atoms with van der Waals surface area (Å²) in [7, 11) is 2.08. The van der Waals surface area contributed by atoms with Crippen LogP contribution in [-0.2, 0) is 0 Å². The maximum Gasteiger partial charge on any atom is 0.0345 e. The van der Waals surface area contributed by atoms with Gasteiger partial charge in [0.2, 0.25) is 0 Å². The zero-order valence-corrected chi connectivity index (χ0v) is 13.7. The van der Waals surface area contributed by atoms with Crippen LogP contribution in [0.5, 0.6) is 0 Å². The highest BCUT2D eigenvalue weighted by molar-refractivity contribution is 7.17. The van der Waals surface area contributed by atoms with Gasteiger partial charge in [-0.05, 0) is 96.7 Å². The number of allylic oxidation sites excluding steroid dienone is 1. The van der Waals surface area contributed by atoms with Crippen LogP contribution in [0.25, 0.3) is 15.7 Å². The number of aryl methyl sites for hydroxylation is 1. The Morgan fingerprint density at radius 3 is 2.67 bits per heavy atom. The molecule has 1 aromatic heterocycles. The van der Waals surface area contributed by atoms with Gasteiger partial charge in [0.05, 0.1) is 0 Å². The molecule has 0 atom stereocenters. The van der Waals surface area contributed by atoms with Crippen LogP contribution in [0.3, 0.4) is 0 Å². The van der Waals surface area contributed by atoms with Crippen LogP contribution in [-0.4, -0.2) is 13.6 Å². The fraction of sp³-hybridized carbons (Fsp3) is 0.474. The molecular formula is C19H23NS. The third kappa shape index (κ3) is 2.16. The Kier molecular flexibility index (Phi) is 3.39. The number of likely N-dealkylation sites (N-methyl/N-ethyl adjacent to an activating group) is 1. The summed E-state index contributed by atoms with van der Waals surface area (Å²) in [6.07, 6.45) is 5.61. The first kappa shape index (κ1) is 13.5. The Labute approximate surface area is 131 Å². The van der Waals surface area contributed by atoms with Crippen LogP contribution >= 0.6 is 11.3 Å². The summed E-state index contributed by atoms with van der Waals surface area (Å²) in [6, 6.07) is 7.14. The highest BCUT2D eigenvalue weighted by Gasteiger charge is 2.35. The molecule has 5 rings (SSSR count). The number of benzene rings is 1. The van der Waals surface area contributed by atoms with Crippen molar-refractivity contribution in [1.82, 2.24) is 5.32 Å². The lowest BCUT2D eigenvalue weighted by molar-refractivity contribution is 0.319. The SMILES string of the molecule is CNCC1=C(c2ccc3scc(C)c3c2)C2CCC1CC2. The third-order valence-electron chi connectivity index (χ3n) is 5.42. The highest BCUT2D eigenvalue weighted by atomic mass is 32.1. The minimum absolute atomic E-state index is 0.801. The molecule has 21 heavy (non-hydrogen) atoms. The maximum atomic E-state index is 3.41. The molecule has 1 heterocycles. The smallest absolute Gasteiger partial charge is 0.0345 e. The van der Waals surface area contributed by atoms with Crippen molar-refractivity contribution in [2.75, 3.05) is 13.6 Å². The maximum absolute atomic E-state index is 3.41. The van der Waals surface area contributed by atoms with Gasteiger partial charge in [0.1, 0.15) is 0 Å². The fourth-order valence-electron chi connectivity index (χ4n) is 4.39. The van der Waals surface area contributed by atoms with E-state index >= 15 is 0 Å². The molecule has 110 valence electrons. The zero-order valence-electron chi connectivity index (χ0n) is 12.9. The molecular weight excluding hydrogens is 274 g/mol. The molecule has 1 nitrogen and oxygen atoms in total. The van der Waals surface area contributed by atoms with Crippen molar-refractivity contribution in [3.63, 3.8) is 0 Å². The average Bonchev–Trinajstić information content (AvgIpc) is 2.90. The van der Waals surface area contributed by atoms with Crippen LogP contribution in [0.4, 0.5) is 0 Å². The second-order valence-electron chi connectivity index (χ2n) is 6.65. The molecule has 1 N–H and O–H groups in total. The van der Waals surface area contributed by atoms with E-state index in [-0.39, 0.29) is 0 Å². The molecule has 0 radical (unpaired) electrons. The average molecular weight is 297 g/mol. The second-order valence-corrected chi connectivity index (χ2v) is 7.56. The van der Waals surface area contributed by atoms with E-state index in [0.29, 0.717) is 0 Å². The second kappa shape index (κ2) is 5.26. The zero-order chi connectivity index (χ0) is 14.4. The lowest BCUT2D eigenvalue weighted by Gasteiger charge is -2.41. The normalized spacial score (nSPS) is 25.0. The van der Waals surface area contributed by atoms with Crippen molar-refractivity contribution >= 4 is 27.0 Å². The molecule has 2 heteroatoms. The van der Waals surface area contributed by atoms with Crippen molar-refractivity contribution in [3.8, 4) is 0 Å². The predicted octanol–water partition coefficient (Wildman–Crippen LogP) is 5.00. The summed E-state index contributed by atoms with van der Waals surface area (Å²) in [4.78, 5) is 0. The third-order valence-corrected chi connectivity index (χ3v) is 6.50. The van der Waals surface area contributed by atoms with Gasteiger partial charge in [-0.2, -0.15) is 0 Å². The summed E-state index contributed by atoms with van der Waals surface area (Å²) in [5.74, 6) is 1.63. The number of hydrogen-bond acceptors (Lipinski definition) is 2. The molecule has 1 saturated carbocycles. The minimum atomic E-state index is 0.801. The predicted molar refractivity (Wildman–Crippen MR) is 92.9 cm³/mol. The van der Waals surface area contributed by atoms with E-state index in [2.05, 4.69) is 42.9 Å². The van der Waals surface area contributed by atoms with Crippen molar-refractivity contribution in [1.29, 1.82) is 0 Å². The standard InChI is InChI=1S/C19H23NS/c1-12-11-21-18-8-7-15(9-16(12)18)19-14-5-3-13(4-6-14)17(19)10-20-2/h7-9,11,13-14,20H,3-6,10H2,1-2H3. The minimum Gasteiger partial charge on any atom is -0.316 e. The Hall–Kier alpha value is -1.12. The molecule has 0 spiro atoms. The van der Waals surface area contributed by atoms with E-state index in [9.17, 15) is 0 Å².